The van der Waals surface area contributed by atoms with Gasteiger partial charge in [-0.3, -0.25) is 4.18 Å². The standard InChI is InChI=1S/C19H22O4S/c1-14-2-10-19(11-3-14)24(21,22)23-13-18(20)12-15-4-6-16(7-5-15)17-8-9-17/h2-7,10-11,17-18,20H,8-9,12-13H2,1H3/t18-/m0/s1. The molecule has 1 fully saturated rings. The predicted octanol–water partition coefficient (Wildman–Crippen LogP) is 3.18. The zero-order valence-electron chi connectivity index (χ0n) is 13.7. The van der Waals surface area contributed by atoms with Crippen LogP contribution in [0.25, 0.3) is 0 Å². The van der Waals surface area contributed by atoms with Crippen LogP contribution in [0.1, 0.15) is 35.4 Å². The molecule has 0 bridgehead atoms. The Balaban J connectivity index is 1.54. The van der Waals surface area contributed by atoms with Gasteiger partial charge < -0.3 is 5.11 Å². The van der Waals surface area contributed by atoms with E-state index in [1.54, 1.807) is 12.1 Å². The normalized spacial score (nSPS) is 16.1. The lowest BCUT2D eigenvalue weighted by Crippen LogP contribution is -2.21. The van der Waals surface area contributed by atoms with Gasteiger partial charge in [-0.2, -0.15) is 8.42 Å². The maximum atomic E-state index is 12.1. The Labute approximate surface area is 143 Å². The van der Waals surface area contributed by atoms with Crippen molar-refractivity contribution in [1.29, 1.82) is 0 Å². The van der Waals surface area contributed by atoms with E-state index < -0.39 is 16.2 Å². The first-order valence-corrected chi connectivity index (χ1v) is 9.58. The summed E-state index contributed by atoms with van der Waals surface area (Å²) in [6.07, 6.45) is 2.02. The van der Waals surface area contributed by atoms with Gasteiger partial charge in [0.25, 0.3) is 10.1 Å². The highest BCUT2D eigenvalue weighted by Crippen LogP contribution is 2.39. The van der Waals surface area contributed by atoms with Crippen molar-refractivity contribution in [2.45, 2.75) is 43.1 Å². The van der Waals surface area contributed by atoms with Crippen LogP contribution in [0, 0.1) is 6.92 Å². The van der Waals surface area contributed by atoms with Gasteiger partial charge in [0.05, 0.1) is 17.6 Å². The summed E-state index contributed by atoms with van der Waals surface area (Å²) in [5.74, 6) is 0.701. The van der Waals surface area contributed by atoms with Gasteiger partial charge in [-0.05, 0) is 48.9 Å². The summed E-state index contributed by atoms with van der Waals surface area (Å²) < 4.78 is 29.2. The monoisotopic (exact) mass is 346 g/mol. The molecule has 0 heterocycles. The second-order valence-corrected chi connectivity index (χ2v) is 8.04. The minimum atomic E-state index is -3.83. The second kappa shape index (κ2) is 7.05. The topological polar surface area (TPSA) is 63.6 Å². The quantitative estimate of drug-likeness (QED) is 0.782. The smallest absolute Gasteiger partial charge is 0.297 e. The van der Waals surface area contributed by atoms with E-state index in [0.717, 1.165) is 11.1 Å². The van der Waals surface area contributed by atoms with Crippen molar-refractivity contribution in [2.24, 2.45) is 0 Å². The van der Waals surface area contributed by atoms with Crippen LogP contribution in [0.3, 0.4) is 0 Å². The molecular formula is C19H22O4S. The van der Waals surface area contributed by atoms with Crippen molar-refractivity contribution in [2.75, 3.05) is 6.61 Å². The number of hydrogen-bond acceptors (Lipinski definition) is 4. The molecule has 0 saturated heterocycles. The molecule has 0 spiro atoms. The molecule has 2 aromatic rings. The van der Waals surface area contributed by atoms with Gasteiger partial charge in [-0.25, -0.2) is 0 Å². The zero-order chi connectivity index (χ0) is 17.2. The van der Waals surface area contributed by atoms with E-state index in [0.29, 0.717) is 12.3 Å². The lowest BCUT2D eigenvalue weighted by atomic mass is 10.0. The molecule has 0 aliphatic heterocycles. The summed E-state index contributed by atoms with van der Waals surface area (Å²) in [6.45, 7) is 1.64. The van der Waals surface area contributed by atoms with Crippen LogP contribution in [-0.4, -0.2) is 26.2 Å². The zero-order valence-corrected chi connectivity index (χ0v) is 14.5. The summed E-state index contributed by atoms with van der Waals surface area (Å²) in [4.78, 5) is 0.106. The van der Waals surface area contributed by atoms with Crippen LogP contribution < -0.4 is 0 Å². The Hall–Kier alpha value is -1.69. The molecular weight excluding hydrogens is 324 g/mol. The highest BCUT2D eigenvalue weighted by molar-refractivity contribution is 7.86. The average Bonchev–Trinajstić information content (AvgIpc) is 3.39. The summed E-state index contributed by atoms with van der Waals surface area (Å²) >= 11 is 0. The summed E-state index contributed by atoms with van der Waals surface area (Å²) in [5.41, 5.74) is 3.29. The molecule has 0 aromatic heterocycles. The Morgan fingerprint density at radius 1 is 1.08 bits per heavy atom. The first-order valence-electron chi connectivity index (χ1n) is 8.17. The molecule has 2 aromatic carbocycles. The third-order valence-electron chi connectivity index (χ3n) is 4.23. The molecule has 0 radical (unpaired) electrons. The molecule has 24 heavy (non-hydrogen) atoms. The number of rotatable bonds is 7. The molecule has 1 saturated carbocycles. The van der Waals surface area contributed by atoms with Gasteiger partial charge in [0.2, 0.25) is 0 Å². The Morgan fingerprint density at radius 3 is 2.29 bits per heavy atom. The van der Waals surface area contributed by atoms with E-state index in [1.165, 1.54) is 30.5 Å². The molecule has 5 heteroatoms. The van der Waals surface area contributed by atoms with Crippen LogP contribution in [-0.2, 0) is 20.7 Å². The van der Waals surface area contributed by atoms with Crippen LogP contribution in [0.4, 0.5) is 0 Å². The van der Waals surface area contributed by atoms with Crippen LogP contribution >= 0.6 is 0 Å². The third-order valence-corrected chi connectivity index (χ3v) is 5.52. The van der Waals surface area contributed by atoms with E-state index in [9.17, 15) is 13.5 Å². The van der Waals surface area contributed by atoms with Crippen molar-refractivity contribution in [3.8, 4) is 0 Å². The number of aliphatic hydroxyl groups is 1. The molecule has 128 valence electrons. The molecule has 4 nitrogen and oxygen atoms in total. The maximum Gasteiger partial charge on any atom is 0.297 e. The average molecular weight is 346 g/mol. The predicted molar refractivity (Wildman–Crippen MR) is 92.4 cm³/mol. The summed E-state index contributed by atoms with van der Waals surface area (Å²) in [5, 5.41) is 10.1. The highest BCUT2D eigenvalue weighted by Gasteiger charge is 2.23. The van der Waals surface area contributed by atoms with Gasteiger partial charge in [0.1, 0.15) is 0 Å². The molecule has 1 aliphatic rings. The largest absolute Gasteiger partial charge is 0.390 e. The van der Waals surface area contributed by atoms with Crippen LogP contribution in [0.2, 0.25) is 0 Å². The number of aryl methyl sites for hydroxylation is 1. The van der Waals surface area contributed by atoms with Gasteiger partial charge in [0.15, 0.2) is 0 Å². The Bertz CT molecular complexity index is 775. The first-order chi connectivity index (χ1) is 11.4. The Morgan fingerprint density at radius 2 is 1.71 bits per heavy atom. The molecule has 1 aliphatic carbocycles. The second-order valence-electron chi connectivity index (χ2n) is 6.43. The van der Waals surface area contributed by atoms with E-state index >= 15 is 0 Å². The van der Waals surface area contributed by atoms with Gasteiger partial charge >= 0.3 is 0 Å². The molecule has 3 rings (SSSR count). The fourth-order valence-corrected chi connectivity index (χ4v) is 3.56. The van der Waals surface area contributed by atoms with Crippen molar-refractivity contribution in [3.05, 3.63) is 65.2 Å². The van der Waals surface area contributed by atoms with Gasteiger partial charge in [0, 0.05) is 6.42 Å². The highest BCUT2D eigenvalue weighted by atomic mass is 32.2. The van der Waals surface area contributed by atoms with E-state index in [2.05, 4.69) is 12.1 Å². The van der Waals surface area contributed by atoms with Crippen LogP contribution in [0.5, 0.6) is 0 Å². The van der Waals surface area contributed by atoms with Gasteiger partial charge in [-0.15, -0.1) is 0 Å². The number of hydrogen-bond donors (Lipinski definition) is 1. The lowest BCUT2D eigenvalue weighted by molar-refractivity contribution is 0.111. The minimum Gasteiger partial charge on any atom is -0.390 e. The maximum absolute atomic E-state index is 12.1. The van der Waals surface area contributed by atoms with Crippen molar-refractivity contribution in [3.63, 3.8) is 0 Å². The van der Waals surface area contributed by atoms with E-state index in [1.807, 2.05) is 19.1 Å². The fourth-order valence-electron chi connectivity index (χ4n) is 2.61. The van der Waals surface area contributed by atoms with Crippen molar-refractivity contribution in [1.82, 2.24) is 0 Å². The minimum absolute atomic E-state index is 0.106. The first kappa shape index (κ1) is 17.1. The lowest BCUT2D eigenvalue weighted by Gasteiger charge is -2.12. The third kappa shape index (κ3) is 4.44. The summed E-state index contributed by atoms with van der Waals surface area (Å²) in [7, 11) is -3.83. The SMILES string of the molecule is Cc1ccc(S(=O)(=O)OC[C@@H](O)Cc2ccc(C3CC3)cc2)cc1. The van der Waals surface area contributed by atoms with Crippen molar-refractivity contribution < 1.29 is 17.7 Å². The molecule has 0 unspecified atom stereocenters. The Kier molecular flexibility index (Phi) is 5.04. The molecule has 1 N–H and O–H groups in total. The number of benzene rings is 2. The van der Waals surface area contributed by atoms with Gasteiger partial charge in [-0.1, -0.05) is 42.0 Å². The van der Waals surface area contributed by atoms with E-state index in [4.69, 9.17) is 4.18 Å². The summed E-state index contributed by atoms with van der Waals surface area (Å²) in [6, 6.07) is 14.6. The number of aliphatic hydroxyl groups excluding tert-OH is 1. The van der Waals surface area contributed by atoms with Crippen molar-refractivity contribution >= 4 is 10.1 Å². The van der Waals surface area contributed by atoms with Crippen LogP contribution in [0.15, 0.2) is 53.4 Å². The fraction of sp³-hybridized carbons (Fsp3) is 0.368. The van der Waals surface area contributed by atoms with E-state index in [-0.39, 0.29) is 11.5 Å². The molecule has 1 atom stereocenters. The molecule has 0 amide bonds.